The summed E-state index contributed by atoms with van der Waals surface area (Å²) >= 11 is -0.0884. The molecule has 4 fully saturated rings. The summed E-state index contributed by atoms with van der Waals surface area (Å²) < 4.78 is 21.1. The van der Waals surface area contributed by atoms with E-state index in [1.807, 2.05) is 48.5 Å². The SMILES string of the molecule is CC(O)C1NC(=O)C(NC(=O)c2ccc(-c3nnc(-c4ccc(-c5ccc(OCCCN6CCCCC6)cc5)cc4)o3)cc2)CC(O)CNC(=O)C2C(O)C(C)CN2C(=O)C(C(O)CC(N)=O)NC(=O)C(C(O)C(O)c2ccc(O)c(OSOO[O-])c2)NC(=O)C2CC(O)CN2C1=O.[Na+]. The third-order valence-corrected chi connectivity index (χ3v) is 17.8. The molecule has 528 valence electrons. The van der Waals surface area contributed by atoms with Crippen LogP contribution < -0.4 is 76.1 Å². The predicted molar refractivity (Wildman–Crippen MR) is 339 cm³/mol. The van der Waals surface area contributed by atoms with Crippen LogP contribution in [-0.2, 0) is 42.9 Å². The number of aromatic hydroxyl groups is 1. The van der Waals surface area contributed by atoms with Crippen molar-refractivity contribution in [1.82, 2.24) is 51.5 Å². The van der Waals surface area contributed by atoms with E-state index in [1.54, 1.807) is 0 Å². The number of rotatable bonds is 21. The summed E-state index contributed by atoms with van der Waals surface area (Å²) in [6.07, 6.45) is -11.6. The summed E-state index contributed by atoms with van der Waals surface area (Å²) in [5, 5.41) is 124. The average Bonchev–Trinajstić information content (AvgIpc) is 1.69. The minimum absolute atomic E-state index is 0. The van der Waals surface area contributed by atoms with Crippen molar-refractivity contribution in [1.29, 1.82) is 0 Å². The van der Waals surface area contributed by atoms with Crippen LogP contribution in [0.1, 0.15) is 80.8 Å². The summed E-state index contributed by atoms with van der Waals surface area (Å²) in [6, 6.07) is 11.5. The van der Waals surface area contributed by atoms with Gasteiger partial charge in [0.15, 0.2) is 11.5 Å². The molecule has 4 aromatic carbocycles. The van der Waals surface area contributed by atoms with Gasteiger partial charge in [0.1, 0.15) is 54.2 Å². The first kappa shape index (κ1) is 76.8. The molecule has 0 spiro atoms. The number of phenols is 1. The zero-order chi connectivity index (χ0) is 70.5. The average molecular weight is 1410 g/mol. The zero-order valence-electron chi connectivity index (χ0n) is 54.2. The number of β-amino-alcohol motifs (C(OH)–C–C–N with tert-alkyl or cyclic N) is 1. The fourth-order valence-corrected chi connectivity index (χ4v) is 12.4. The molecule has 4 saturated heterocycles. The van der Waals surface area contributed by atoms with Gasteiger partial charge in [-0.25, -0.2) is 0 Å². The van der Waals surface area contributed by atoms with Crippen LogP contribution in [0, 0.1) is 5.92 Å². The van der Waals surface area contributed by atoms with Crippen LogP contribution in [0.15, 0.2) is 95.4 Å². The molecule has 4 aliphatic rings. The van der Waals surface area contributed by atoms with Crippen molar-refractivity contribution in [3.8, 4) is 51.3 Å². The quantitative estimate of drug-likeness (QED) is 0.0107. The molecule has 14 unspecified atom stereocenters. The van der Waals surface area contributed by atoms with Crippen LogP contribution in [0.5, 0.6) is 17.2 Å². The Balaban J connectivity index is 0.0000125. The van der Waals surface area contributed by atoms with Gasteiger partial charge in [-0.15, -0.1) is 14.5 Å². The van der Waals surface area contributed by atoms with Crippen LogP contribution in [0.3, 0.4) is 0 Å². The second-order valence-corrected chi connectivity index (χ2v) is 25.0. The Morgan fingerprint density at radius 1 is 0.747 bits per heavy atom. The van der Waals surface area contributed by atoms with E-state index in [0.29, 0.717) is 22.6 Å². The normalized spacial score (nSPS) is 25.0. The Kier molecular flexibility index (Phi) is 27.5. The molecule has 33 nitrogen and oxygen atoms in total. The minimum atomic E-state index is -2.55. The molecule has 99 heavy (non-hydrogen) atoms. The number of phenolic OH excluding ortho intramolecular Hbond substituents is 1. The standard InChI is InChI=1S/C64H79N11O22S.Na/c1-32-30-75-52(53(32)82)60(89)66-29-40(77)26-43(67-56(85)36-9-13-38(14-10-36)62-72-71-61(94-62)37-11-7-34(8-12-37)35-15-18-42(19-16-35)93-24-6-23-73-21-4-3-5-22-73)57(86)68-49(33(2)76)63(90)74-31-41(78)27-44(74)58(87)70-51(59(88)69-50(64(75)91)46(80)28-48(65)81)55(84)54(83)39-17-20-45(79)47(25-39)95-98-97-96-92;/h7-20,25,32-33,40-41,43-44,46,49-55,76-80,82-84,92H,3-6,21-24,26-31H2,1-2H3,(H2,65,81)(H,66,89)(H,67,85)(H,68,86)(H,69,88)(H,70,87);/q;+1/p-1. The number of nitrogens with zero attached hydrogens (tertiary/aromatic N) is 5. The molecule has 4 aliphatic heterocycles. The van der Waals surface area contributed by atoms with Crippen molar-refractivity contribution in [2.24, 2.45) is 11.7 Å². The van der Waals surface area contributed by atoms with Crippen LogP contribution in [0.2, 0.25) is 0 Å². The van der Waals surface area contributed by atoms with Crippen molar-refractivity contribution in [3.63, 3.8) is 0 Å². The number of hydrogen-bond donors (Lipinski definition) is 14. The molecule has 0 aliphatic carbocycles. The first-order valence-electron chi connectivity index (χ1n) is 31.7. The summed E-state index contributed by atoms with van der Waals surface area (Å²) in [6.45, 7) is 4.57. The monoisotopic (exact) mass is 1410 g/mol. The second kappa shape index (κ2) is 35.4. The number of ether oxygens (including phenoxy) is 1. The Bertz CT molecular complexity index is 3610. The van der Waals surface area contributed by atoms with Gasteiger partial charge in [0.2, 0.25) is 53.1 Å². The number of benzene rings is 4. The fourth-order valence-electron chi connectivity index (χ4n) is 12.1. The van der Waals surface area contributed by atoms with Crippen molar-refractivity contribution in [3.05, 3.63) is 102 Å². The van der Waals surface area contributed by atoms with Gasteiger partial charge in [-0.3, -0.25) is 43.4 Å². The Morgan fingerprint density at radius 3 is 1.99 bits per heavy atom. The molecule has 0 bridgehead atoms. The summed E-state index contributed by atoms with van der Waals surface area (Å²) in [7, 11) is 0. The Morgan fingerprint density at radius 2 is 1.35 bits per heavy atom. The number of primary amides is 1. The number of carbonyl (C=O) groups is 8. The van der Waals surface area contributed by atoms with E-state index < -0.39 is 183 Å². The maximum Gasteiger partial charge on any atom is 1.00 e. The molecule has 0 radical (unpaired) electrons. The van der Waals surface area contributed by atoms with Crippen LogP contribution in [0.25, 0.3) is 34.0 Å². The fraction of sp³-hybridized carbons (Fsp3) is 0.469. The maximum absolute atomic E-state index is 14.7. The van der Waals surface area contributed by atoms with Crippen molar-refractivity contribution in [2.75, 3.05) is 45.9 Å². The number of piperidine rings is 1. The van der Waals surface area contributed by atoms with Crippen molar-refractivity contribution < 1.29 is 137 Å². The topological polar surface area (TPSA) is 493 Å². The number of aliphatic hydroxyl groups excluding tert-OH is 7. The number of fused-ring (bicyclic) bond motifs is 2. The maximum atomic E-state index is 14.7. The number of aromatic nitrogens is 2. The number of nitrogens with two attached hydrogens (primary N) is 1. The predicted octanol–water partition coefficient (Wildman–Crippen LogP) is -5.48. The summed E-state index contributed by atoms with van der Waals surface area (Å²) in [4.78, 5) is 118. The number of hydrogen-bond acceptors (Lipinski definition) is 26. The van der Waals surface area contributed by atoms with Gasteiger partial charge in [-0.2, -0.15) is 0 Å². The molecule has 35 heteroatoms. The Labute approximate surface area is 593 Å². The third kappa shape index (κ3) is 19.6. The van der Waals surface area contributed by atoms with Crippen molar-refractivity contribution >= 4 is 59.6 Å². The second-order valence-electron chi connectivity index (χ2n) is 24.5. The van der Waals surface area contributed by atoms with E-state index in [9.17, 15) is 84.5 Å². The van der Waals surface area contributed by atoms with Gasteiger partial charge in [0, 0.05) is 61.6 Å². The first-order valence-corrected chi connectivity index (χ1v) is 32.3. The molecule has 1 aromatic heterocycles. The van der Waals surface area contributed by atoms with Gasteiger partial charge >= 0.3 is 29.6 Å². The van der Waals surface area contributed by atoms with Gasteiger partial charge < -0.3 is 106 Å². The number of amides is 8. The molecule has 8 amide bonds. The molecular weight excluding hydrogens is 1330 g/mol. The smallest absolute Gasteiger partial charge is 0.691 e. The van der Waals surface area contributed by atoms with E-state index in [0.717, 1.165) is 73.0 Å². The van der Waals surface area contributed by atoms with E-state index in [2.05, 4.69) is 51.1 Å². The van der Waals surface area contributed by atoms with Crippen LogP contribution in [0.4, 0.5) is 0 Å². The minimum Gasteiger partial charge on any atom is -0.691 e. The molecule has 9 rings (SSSR count). The molecule has 14 atom stereocenters. The third-order valence-electron chi connectivity index (χ3n) is 17.4. The van der Waals surface area contributed by atoms with Crippen LogP contribution >= 0.6 is 12.3 Å². The summed E-state index contributed by atoms with van der Waals surface area (Å²) in [5.41, 5.74) is 7.87. The molecule has 15 N–H and O–H groups in total. The largest absolute Gasteiger partial charge is 1.00 e. The van der Waals surface area contributed by atoms with E-state index in [-0.39, 0.29) is 64.8 Å². The molecule has 5 heterocycles. The Hall–Kier alpha value is -7.91. The van der Waals surface area contributed by atoms with Crippen LogP contribution in [-0.4, -0.2) is 232 Å². The van der Waals surface area contributed by atoms with Gasteiger partial charge in [-0.05, 0) is 117 Å². The van der Waals surface area contributed by atoms with Gasteiger partial charge in [0.25, 0.3) is 18.2 Å². The van der Waals surface area contributed by atoms with E-state index in [1.165, 1.54) is 50.5 Å². The van der Waals surface area contributed by atoms with E-state index >= 15 is 0 Å². The van der Waals surface area contributed by atoms with E-state index in [4.69, 9.17) is 19.1 Å². The van der Waals surface area contributed by atoms with Crippen molar-refractivity contribution in [2.45, 2.75) is 138 Å². The molecule has 0 saturated carbocycles. The molecular formula is C64H78N11NaO22S. The number of carbonyl (C=O) groups excluding carboxylic acids is 8. The summed E-state index contributed by atoms with van der Waals surface area (Å²) in [5.74, 6) is -11.1. The number of likely N-dealkylation sites (tertiary alicyclic amines) is 1. The van der Waals surface area contributed by atoms with Gasteiger partial charge in [-0.1, -0.05) is 43.7 Å². The van der Waals surface area contributed by atoms with Gasteiger partial charge in [0.05, 0.1) is 43.5 Å². The molecule has 5 aromatic rings. The first-order chi connectivity index (χ1) is 46.9. The number of aliphatic hydroxyl groups is 7. The zero-order valence-corrected chi connectivity index (χ0v) is 57.0. The number of nitrogens with one attached hydrogen (secondary N) is 5.